The van der Waals surface area contributed by atoms with E-state index in [9.17, 15) is 0 Å². The summed E-state index contributed by atoms with van der Waals surface area (Å²) in [5.74, 6) is 2.73. The van der Waals surface area contributed by atoms with Crippen LogP contribution in [0.1, 0.15) is 11.1 Å². The molecular weight excluding hydrogens is 158 g/mol. The lowest BCUT2D eigenvalue weighted by atomic mass is 10.1. The Bertz CT molecular complexity index is 300. The molecule has 0 amide bonds. The van der Waals surface area contributed by atoms with Crippen LogP contribution in [0.25, 0.3) is 0 Å². The van der Waals surface area contributed by atoms with E-state index in [0.29, 0.717) is 5.02 Å². The van der Waals surface area contributed by atoms with Gasteiger partial charge in [0, 0.05) is 16.6 Å². The molecule has 56 valence electrons. The van der Waals surface area contributed by atoms with E-state index >= 15 is 0 Å². The minimum atomic E-state index is 0.697. The summed E-state index contributed by atoms with van der Waals surface area (Å²) in [6.45, 7) is 1.97. The first-order valence-electron chi connectivity index (χ1n) is 3.21. The van der Waals surface area contributed by atoms with Crippen LogP contribution >= 0.6 is 11.6 Å². The van der Waals surface area contributed by atoms with Crippen molar-refractivity contribution in [3.8, 4) is 12.0 Å². The zero-order chi connectivity index (χ0) is 8.27. The lowest BCUT2D eigenvalue weighted by molar-refractivity contribution is 1.45. The van der Waals surface area contributed by atoms with Crippen LogP contribution in [0.5, 0.6) is 0 Å². The van der Waals surface area contributed by atoms with E-state index in [1.807, 2.05) is 19.1 Å². The molecule has 1 rings (SSSR count). The largest absolute Gasteiger partial charge is 0.359 e. The van der Waals surface area contributed by atoms with Crippen molar-refractivity contribution in [2.75, 3.05) is 0 Å². The number of aryl methyl sites for hydroxylation is 1. The van der Waals surface area contributed by atoms with Crippen LogP contribution in [0.2, 0.25) is 5.02 Å². The lowest BCUT2D eigenvalue weighted by Crippen LogP contribution is -1.81. The van der Waals surface area contributed by atoms with Gasteiger partial charge in [-0.15, -0.1) is 0 Å². The van der Waals surface area contributed by atoms with E-state index < -0.39 is 0 Å². The molecule has 0 atom stereocenters. The van der Waals surface area contributed by atoms with Gasteiger partial charge in [-0.1, -0.05) is 11.6 Å². The molecule has 2 heteroatoms. The highest BCUT2D eigenvalue weighted by atomic mass is 35.5. The van der Waals surface area contributed by atoms with Crippen LogP contribution in [0, 0.1) is 18.9 Å². The first kappa shape index (κ1) is 7.97. The summed E-state index contributed by atoms with van der Waals surface area (Å²) in [5, 5.41) is 0.697. The maximum Gasteiger partial charge on any atom is 0.0421 e. The van der Waals surface area contributed by atoms with Crippen LogP contribution in [-0.2, 0) is 0 Å². The van der Waals surface area contributed by atoms with E-state index in [4.69, 9.17) is 17.3 Å². The third-order valence-electron chi connectivity index (χ3n) is 1.26. The van der Waals surface area contributed by atoms with Crippen molar-refractivity contribution in [3.63, 3.8) is 0 Å². The number of halogens is 1. The van der Waals surface area contributed by atoms with Crippen molar-refractivity contribution in [2.24, 2.45) is 5.73 Å². The predicted molar refractivity (Wildman–Crippen MR) is 47.3 cm³/mol. The van der Waals surface area contributed by atoms with Crippen molar-refractivity contribution in [1.29, 1.82) is 0 Å². The van der Waals surface area contributed by atoms with Crippen molar-refractivity contribution in [3.05, 3.63) is 34.3 Å². The van der Waals surface area contributed by atoms with Crippen molar-refractivity contribution < 1.29 is 0 Å². The molecule has 0 aromatic heterocycles. The molecule has 1 aromatic rings. The normalized spacial score (nSPS) is 8.55. The Hall–Kier alpha value is -1.13. The molecule has 0 heterocycles. The number of rotatable bonds is 0. The molecular formula is C9H8ClN. The summed E-state index contributed by atoms with van der Waals surface area (Å²) >= 11 is 5.78. The molecule has 11 heavy (non-hydrogen) atoms. The fourth-order valence-electron chi connectivity index (χ4n) is 0.892. The number of nitrogens with two attached hydrogens (primary N) is 1. The van der Waals surface area contributed by atoms with Gasteiger partial charge in [-0.3, -0.25) is 0 Å². The quantitative estimate of drug-likeness (QED) is 0.461. The summed E-state index contributed by atoms with van der Waals surface area (Å²) in [6, 6.07) is 7.93. The van der Waals surface area contributed by atoms with Crippen LogP contribution in [0.3, 0.4) is 0 Å². The average molecular weight is 166 g/mol. The second-order valence-corrected chi connectivity index (χ2v) is 2.72. The molecule has 0 spiro atoms. The Balaban J connectivity index is 3.15. The maximum atomic E-state index is 5.78. The summed E-state index contributed by atoms with van der Waals surface area (Å²) in [6.07, 6.45) is 0. The van der Waals surface area contributed by atoms with E-state index in [2.05, 4.69) is 12.0 Å². The van der Waals surface area contributed by atoms with Crippen LogP contribution in [-0.4, -0.2) is 0 Å². The van der Waals surface area contributed by atoms with Crippen LogP contribution in [0.15, 0.2) is 18.2 Å². The summed E-state index contributed by atoms with van der Waals surface area (Å²) < 4.78 is 0. The SMILES string of the molecule is Cc1cc(Cl)cc(C#CN)c1. The van der Waals surface area contributed by atoms with E-state index in [1.54, 1.807) is 6.07 Å². The number of hydrogen-bond donors (Lipinski definition) is 1. The van der Waals surface area contributed by atoms with Gasteiger partial charge in [-0.05, 0) is 36.6 Å². The molecule has 0 fully saturated rings. The van der Waals surface area contributed by atoms with Gasteiger partial charge in [0.25, 0.3) is 0 Å². The highest BCUT2D eigenvalue weighted by molar-refractivity contribution is 6.30. The molecule has 1 nitrogen and oxygen atoms in total. The molecule has 2 N–H and O–H groups in total. The van der Waals surface area contributed by atoms with Gasteiger partial charge in [0.15, 0.2) is 0 Å². The summed E-state index contributed by atoms with van der Waals surface area (Å²) in [5.41, 5.74) is 7.01. The van der Waals surface area contributed by atoms with Gasteiger partial charge in [0.05, 0.1) is 0 Å². The van der Waals surface area contributed by atoms with E-state index in [-0.39, 0.29) is 0 Å². The predicted octanol–water partition coefficient (Wildman–Crippen LogP) is 1.92. The van der Waals surface area contributed by atoms with Gasteiger partial charge < -0.3 is 5.73 Å². The Morgan fingerprint density at radius 2 is 2.09 bits per heavy atom. The third-order valence-corrected chi connectivity index (χ3v) is 1.48. The van der Waals surface area contributed by atoms with Crippen molar-refractivity contribution in [1.82, 2.24) is 0 Å². The summed E-state index contributed by atoms with van der Waals surface area (Å²) in [7, 11) is 0. The second kappa shape index (κ2) is 3.32. The highest BCUT2D eigenvalue weighted by Gasteiger charge is 1.92. The maximum absolute atomic E-state index is 5.78. The number of benzene rings is 1. The van der Waals surface area contributed by atoms with E-state index in [1.165, 1.54) is 0 Å². The molecule has 0 unspecified atom stereocenters. The molecule has 0 bridgehead atoms. The highest BCUT2D eigenvalue weighted by Crippen LogP contribution is 2.13. The smallest absolute Gasteiger partial charge is 0.0421 e. The minimum Gasteiger partial charge on any atom is -0.359 e. The second-order valence-electron chi connectivity index (χ2n) is 2.29. The van der Waals surface area contributed by atoms with Crippen molar-refractivity contribution in [2.45, 2.75) is 6.92 Å². The first-order chi connectivity index (χ1) is 5.22. The minimum absolute atomic E-state index is 0.697. The fourth-order valence-corrected chi connectivity index (χ4v) is 1.18. The summed E-state index contributed by atoms with van der Waals surface area (Å²) in [4.78, 5) is 0. The Kier molecular flexibility index (Phi) is 2.40. The third kappa shape index (κ3) is 2.18. The van der Waals surface area contributed by atoms with Crippen LogP contribution in [0.4, 0.5) is 0 Å². The topological polar surface area (TPSA) is 26.0 Å². The first-order valence-corrected chi connectivity index (χ1v) is 3.59. The van der Waals surface area contributed by atoms with E-state index in [0.717, 1.165) is 11.1 Å². The molecule has 0 saturated heterocycles. The zero-order valence-corrected chi connectivity index (χ0v) is 6.94. The standard InChI is InChI=1S/C9H8ClN/c1-7-4-8(2-3-11)6-9(10)5-7/h4-6H,11H2,1H3. The monoisotopic (exact) mass is 165 g/mol. The molecule has 1 aromatic carbocycles. The average Bonchev–Trinajstić information content (AvgIpc) is 1.85. The molecule has 0 saturated carbocycles. The molecule has 0 aliphatic rings. The molecule has 0 aliphatic heterocycles. The lowest BCUT2D eigenvalue weighted by Gasteiger charge is -1.95. The molecule has 0 radical (unpaired) electrons. The van der Waals surface area contributed by atoms with Gasteiger partial charge in [-0.2, -0.15) is 0 Å². The Morgan fingerprint density at radius 1 is 1.36 bits per heavy atom. The fraction of sp³-hybridized carbons (Fsp3) is 0.111. The zero-order valence-electron chi connectivity index (χ0n) is 6.19. The van der Waals surface area contributed by atoms with Crippen molar-refractivity contribution >= 4 is 11.6 Å². The van der Waals surface area contributed by atoms with Gasteiger partial charge >= 0.3 is 0 Å². The van der Waals surface area contributed by atoms with Gasteiger partial charge in [0.1, 0.15) is 0 Å². The Labute approximate surface area is 71.2 Å². The Morgan fingerprint density at radius 3 is 2.64 bits per heavy atom. The van der Waals surface area contributed by atoms with Crippen LogP contribution < -0.4 is 5.73 Å². The van der Waals surface area contributed by atoms with Gasteiger partial charge in [0.2, 0.25) is 0 Å². The van der Waals surface area contributed by atoms with Gasteiger partial charge in [-0.25, -0.2) is 0 Å². The number of hydrogen-bond acceptors (Lipinski definition) is 1. The molecule has 0 aliphatic carbocycles.